The molecule has 0 amide bonds. The van der Waals surface area contributed by atoms with Crippen LogP contribution in [-0.2, 0) is 0 Å². The third kappa shape index (κ3) is 6.54. The highest BCUT2D eigenvalue weighted by molar-refractivity contribution is 7.20. The van der Waals surface area contributed by atoms with Gasteiger partial charge in [0.2, 0.25) is 0 Å². The number of aromatic nitrogens is 2. The molecule has 0 aliphatic carbocycles. The van der Waals surface area contributed by atoms with Crippen molar-refractivity contribution in [3.63, 3.8) is 0 Å². The van der Waals surface area contributed by atoms with Crippen LogP contribution in [-0.4, -0.2) is 17.2 Å². The number of benzene rings is 11. The first-order valence-electron chi connectivity index (χ1n) is 28.0. The predicted octanol–water partition coefficient (Wildman–Crippen LogP) is 14.3. The maximum absolute atomic E-state index is 9.78. The SMILES string of the molecule is [2H]c1c([2H])c([2H])c(-c2cc([Si](c3ccccc3)(c3ccccc3)c3ccccc3)cc(-c3c([2H])c([2H])c([2H])c([2H])c3[2H])c2-n2c3ccccc3c3cc(-n4c5ccccc5c5cccc(-c6ccccc6)c54)ccc32)c([2H])c1[2H]. The van der Waals surface area contributed by atoms with Gasteiger partial charge in [-0.25, -0.2) is 0 Å². The lowest BCUT2D eigenvalue weighted by atomic mass is 9.95. The lowest BCUT2D eigenvalue weighted by molar-refractivity contribution is 1.17. The first-order chi connectivity index (χ1) is 38.4. The minimum Gasteiger partial charge on any atom is -0.309 e. The van der Waals surface area contributed by atoms with E-state index in [0.717, 1.165) is 65.0 Å². The molecular formula is C66H46N2Si. The predicted molar refractivity (Wildman–Crippen MR) is 295 cm³/mol. The van der Waals surface area contributed by atoms with Gasteiger partial charge < -0.3 is 9.13 Å². The summed E-state index contributed by atoms with van der Waals surface area (Å²) >= 11 is 0. The molecule has 324 valence electrons. The van der Waals surface area contributed by atoms with Crippen LogP contribution in [0.5, 0.6) is 0 Å². The molecule has 0 N–H and O–H groups in total. The van der Waals surface area contributed by atoms with Crippen molar-refractivity contribution < 1.29 is 13.7 Å². The van der Waals surface area contributed by atoms with E-state index in [0.29, 0.717) is 16.2 Å². The van der Waals surface area contributed by atoms with Gasteiger partial charge in [0, 0.05) is 43.9 Å². The summed E-state index contributed by atoms with van der Waals surface area (Å²) in [4.78, 5) is 0. The Labute approximate surface area is 417 Å². The zero-order valence-corrected chi connectivity index (χ0v) is 38.2. The molecule has 2 nitrogen and oxygen atoms in total. The standard InChI is InChI=1S/C66H46N2Si/c1-7-24-47(25-8-1)55-38-23-39-58-56-36-19-21-40-62(56)67(65(55)58)50-42-43-64-61(44-50)57-37-20-22-41-63(57)68(64)66-59(48-26-9-2-10-27-48)45-54(46-60(66)49-28-11-3-12-29-49)69(51-30-13-4-14-31-51,52-32-15-5-16-33-52)53-34-17-6-18-35-53/h1-46H/i2D,3D,9D,10D,11D,12D,26D,27D,28D,29D. The summed E-state index contributed by atoms with van der Waals surface area (Å²) in [6.07, 6.45) is 0. The number of hydrogen-bond donors (Lipinski definition) is 0. The van der Waals surface area contributed by atoms with E-state index in [1.807, 2.05) is 126 Å². The summed E-state index contributed by atoms with van der Waals surface area (Å²) in [5.41, 5.74) is 6.90. The molecule has 3 heteroatoms. The molecule has 0 saturated carbocycles. The number of hydrogen-bond acceptors (Lipinski definition) is 0. The molecule has 0 bridgehead atoms. The summed E-state index contributed by atoms with van der Waals surface area (Å²) < 4.78 is 97.8. The average Bonchev–Trinajstić information content (AvgIpc) is 4.27. The summed E-state index contributed by atoms with van der Waals surface area (Å²) in [5, 5.41) is 7.40. The van der Waals surface area contributed by atoms with Crippen LogP contribution in [0, 0.1) is 0 Å². The van der Waals surface area contributed by atoms with Crippen LogP contribution < -0.4 is 20.7 Å². The van der Waals surface area contributed by atoms with Crippen molar-refractivity contribution in [1.82, 2.24) is 9.13 Å². The second-order valence-corrected chi connectivity index (χ2v) is 21.1. The van der Waals surface area contributed by atoms with Crippen LogP contribution >= 0.6 is 0 Å². The monoisotopic (exact) mass is 904 g/mol. The smallest absolute Gasteiger partial charge is 0.179 e. The van der Waals surface area contributed by atoms with Crippen molar-refractivity contribution in [2.75, 3.05) is 0 Å². The van der Waals surface area contributed by atoms with E-state index in [4.69, 9.17) is 2.74 Å². The normalized spacial score (nSPS) is 13.8. The van der Waals surface area contributed by atoms with E-state index < -0.39 is 68.5 Å². The van der Waals surface area contributed by atoms with Gasteiger partial charge >= 0.3 is 0 Å². The minimum absolute atomic E-state index is 0.102. The Hall–Kier alpha value is -8.76. The fraction of sp³-hybridized carbons (Fsp3) is 0. The van der Waals surface area contributed by atoms with Crippen LogP contribution in [0.15, 0.2) is 279 Å². The first-order valence-corrected chi connectivity index (χ1v) is 25.0. The maximum Gasteiger partial charge on any atom is 0.179 e. The van der Waals surface area contributed by atoms with Crippen molar-refractivity contribution in [2.24, 2.45) is 0 Å². The van der Waals surface area contributed by atoms with Crippen LogP contribution in [0.25, 0.3) is 88.4 Å². The Morgan fingerprint density at radius 3 is 1.30 bits per heavy atom. The third-order valence-electron chi connectivity index (χ3n) is 13.6. The largest absolute Gasteiger partial charge is 0.309 e. The second-order valence-electron chi connectivity index (χ2n) is 17.2. The molecule has 0 aliphatic heterocycles. The number of rotatable bonds is 9. The van der Waals surface area contributed by atoms with E-state index in [-0.39, 0.29) is 27.9 Å². The van der Waals surface area contributed by atoms with E-state index in [2.05, 4.69) is 102 Å². The molecule has 0 aliphatic rings. The van der Waals surface area contributed by atoms with Gasteiger partial charge in [0.05, 0.1) is 41.5 Å². The highest BCUT2D eigenvalue weighted by atomic mass is 28.3. The lowest BCUT2D eigenvalue weighted by Crippen LogP contribution is -2.74. The Kier molecular flexibility index (Phi) is 7.63. The molecule has 0 unspecified atom stereocenters. The molecule has 0 fully saturated rings. The number of nitrogens with zero attached hydrogens (tertiary/aromatic N) is 2. The van der Waals surface area contributed by atoms with Gasteiger partial charge in [-0.1, -0.05) is 248 Å². The van der Waals surface area contributed by atoms with E-state index in [1.165, 1.54) is 0 Å². The van der Waals surface area contributed by atoms with Crippen molar-refractivity contribution >= 4 is 72.4 Å². The van der Waals surface area contributed by atoms with Gasteiger partial charge in [-0.05, 0) is 67.8 Å². The summed E-state index contributed by atoms with van der Waals surface area (Å²) in [5.74, 6) is 0. The van der Waals surface area contributed by atoms with Crippen molar-refractivity contribution in [1.29, 1.82) is 0 Å². The van der Waals surface area contributed by atoms with Gasteiger partial charge in [0.1, 0.15) is 0 Å². The minimum atomic E-state index is -3.62. The molecular weight excluding hydrogens is 849 g/mol. The topological polar surface area (TPSA) is 9.86 Å². The quantitative estimate of drug-likeness (QED) is 0.101. The zero-order valence-electron chi connectivity index (χ0n) is 47.2. The third-order valence-corrected chi connectivity index (χ3v) is 18.4. The number of para-hydroxylation sites is 3. The van der Waals surface area contributed by atoms with Crippen LogP contribution in [0.1, 0.15) is 13.7 Å². The Morgan fingerprint density at radius 1 is 0.304 bits per heavy atom. The molecule has 0 radical (unpaired) electrons. The van der Waals surface area contributed by atoms with Gasteiger partial charge in [-0.2, -0.15) is 0 Å². The van der Waals surface area contributed by atoms with Gasteiger partial charge in [0.15, 0.2) is 8.07 Å². The molecule has 2 aromatic heterocycles. The van der Waals surface area contributed by atoms with Gasteiger partial charge in [0.25, 0.3) is 0 Å². The maximum atomic E-state index is 9.78. The van der Waals surface area contributed by atoms with Crippen molar-refractivity contribution in [3.8, 4) is 44.8 Å². The van der Waals surface area contributed by atoms with E-state index in [1.54, 1.807) is 0 Å². The first kappa shape index (κ1) is 31.3. The van der Waals surface area contributed by atoms with Gasteiger partial charge in [-0.15, -0.1) is 0 Å². The molecule has 13 aromatic rings. The molecule has 0 spiro atoms. The fourth-order valence-corrected chi connectivity index (χ4v) is 15.6. The van der Waals surface area contributed by atoms with Crippen LogP contribution in [0.3, 0.4) is 0 Å². The molecule has 2 heterocycles. The molecule has 69 heavy (non-hydrogen) atoms. The second kappa shape index (κ2) is 16.8. The summed E-state index contributed by atoms with van der Waals surface area (Å²) in [6.45, 7) is 0. The highest BCUT2D eigenvalue weighted by Crippen LogP contribution is 2.44. The molecule has 0 saturated heterocycles. The molecule has 11 aromatic carbocycles. The molecule has 0 atom stereocenters. The van der Waals surface area contributed by atoms with Crippen LogP contribution in [0.2, 0.25) is 0 Å². The fourth-order valence-electron chi connectivity index (χ4n) is 10.8. The number of fused-ring (bicyclic) bond motifs is 6. The Morgan fingerprint density at radius 2 is 0.754 bits per heavy atom. The van der Waals surface area contributed by atoms with E-state index >= 15 is 0 Å². The highest BCUT2D eigenvalue weighted by Gasteiger charge is 2.42. The Bertz CT molecular complexity index is 4360. The van der Waals surface area contributed by atoms with Crippen LogP contribution in [0.4, 0.5) is 0 Å². The van der Waals surface area contributed by atoms with Gasteiger partial charge in [-0.3, -0.25) is 0 Å². The summed E-state index contributed by atoms with van der Waals surface area (Å²) in [7, 11) is -3.62. The molecule has 13 rings (SSSR count). The zero-order chi connectivity index (χ0) is 54.4. The average molecular weight is 905 g/mol. The van der Waals surface area contributed by atoms with Crippen molar-refractivity contribution in [3.05, 3.63) is 279 Å². The Balaban J connectivity index is 1.24. The summed E-state index contributed by atoms with van der Waals surface area (Å²) in [6, 6.07) is 68.2. The van der Waals surface area contributed by atoms with E-state index in [9.17, 15) is 11.0 Å². The lowest BCUT2D eigenvalue weighted by Gasteiger charge is -2.36. The van der Waals surface area contributed by atoms with Crippen molar-refractivity contribution in [2.45, 2.75) is 0 Å².